The number of nitro benzene ring substituents is 1. The van der Waals surface area contributed by atoms with Gasteiger partial charge in [0.15, 0.2) is 5.82 Å². The van der Waals surface area contributed by atoms with Gasteiger partial charge in [-0.05, 0) is 24.3 Å². The van der Waals surface area contributed by atoms with Crippen molar-refractivity contribution in [2.75, 3.05) is 4.72 Å². The van der Waals surface area contributed by atoms with Gasteiger partial charge in [0.2, 0.25) is 0 Å². The van der Waals surface area contributed by atoms with Crippen LogP contribution in [0.4, 0.5) is 15.9 Å². The van der Waals surface area contributed by atoms with Crippen LogP contribution in [0.1, 0.15) is 5.56 Å². The van der Waals surface area contributed by atoms with E-state index >= 15 is 0 Å². The van der Waals surface area contributed by atoms with Crippen LogP contribution in [-0.2, 0) is 16.6 Å². The lowest BCUT2D eigenvalue weighted by Crippen LogP contribution is -2.14. The van der Waals surface area contributed by atoms with E-state index in [4.69, 9.17) is 23.2 Å². The predicted molar refractivity (Wildman–Crippen MR) is 102 cm³/mol. The van der Waals surface area contributed by atoms with Crippen molar-refractivity contribution in [1.29, 1.82) is 0 Å². The standard InChI is InChI=1S/C16H11Cl2FN4O4S/c17-13-2-1-3-15(19)12(13)8-22-9-14(18)16(20-22)21-28(26,27)11-6-4-10(5-7-11)23(24)25/h1-7,9H,8H2,(H,20,21). The maximum atomic E-state index is 13.9. The first-order valence-corrected chi connectivity index (χ1v) is 9.84. The molecule has 0 unspecified atom stereocenters. The molecule has 0 radical (unpaired) electrons. The van der Waals surface area contributed by atoms with Gasteiger partial charge in [-0.25, -0.2) is 12.8 Å². The van der Waals surface area contributed by atoms with Crippen molar-refractivity contribution in [2.24, 2.45) is 0 Å². The molecule has 0 atom stereocenters. The van der Waals surface area contributed by atoms with Gasteiger partial charge in [0.05, 0.1) is 16.4 Å². The summed E-state index contributed by atoms with van der Waals surface area (Å²) in [4.78, 5) is 9.82. The monoisotopic (exact) mass is 444 g/mol. The predicted octanol–water partition coefficient (Wildman–Crippen LogP) is 4.09. The number of aromatic nitrogens is 2. The van der Waals surface area contributed by atoms with E-state index in [1.54, 1.807) is 0 Å². The van der Waals surface area contributed by atoms with E-state index in [1.165, 1.54) is 29.1 Å². The van der Waals surface area contributed by atoms with Crippen molar-refractivity contribution in [3.8, 4) is 0 Å². The molecule has 0 aliphatic carbocycles. The lowest BCUT2D eigenvalue weighted by molar-refractivity contribution is -0.384. The van der Waals surface area contributed by atoms with Crippen molar-refractivity contribution in [3.05, 3.63) is 80.2 Å². The zero-order chi connectivity index (χ0) is 20.5. The third kappa shape index (κ3) is 4.24. The summed E-state index contributed by atoms with van der Waals surface area (Å²) in [7, 11) is -4.09. The molecule has 8 nitrogen and oxygen atoms in total. The van der Waals surface area contributed by atoms with Gasteiger partial charge in [0.1, 0.15) is 10.8 Å². The van der Waals surface area contributed by atoms with E-state index in [2.05, 4.69) is 9.82 Å². The average Bonchev–Trinajstić information content (AvgIpc) is 2.97. The van der Waals surface area contributed by atoms with Crippen LogP contribution in [-0.4, -0.2) is 23.1 Å². The minimum absolute atomic E-state index is 0.0158. The quantitative estimate of drug-likeness (QED) is 0.455. The summed E-state index contributed by atoms with van der Waals surface area (Å²) in [5, 5.41) is 14.9. The molecule has 2 aromatic carbocycles. The summed E-state index contributed by atoms with van der Waals surface area (Å²) in [6, 6.07) is 8.52. The van der Waals surface area contributed by atoms with Crippen LogP contribution in [0.25, 0.3) is 0 Å². The Morgan fingerprint density at radius 3 is 2.43 bits per heavy atom. The fourth-order valence-corrected chi connectivity index (χ4v) is 3.82. The summed E-state index contributed by atoms with van der Waals surface area (Å²) in [5.41, 5.74) is -0.0730. The number of rotatable bonds is 6. The highest BCUT2D eigenvalue weighted by Gasteiger charge is 2.20. The lowest BCUT2D eigenvalue weighted by Gasteiger charge is -2.07. The zero-order valence-electron chi connectivity index (χ0n) is 13.8. The Morgan fingerprint density at radius 2 is 1.82 bits per heavy atom. The first kappa shape index (κ1) is 20.1. The molecule has 1 N–H and O–H groups in total. The summed E-state index contributed by atoms with van der Waals surface area (Å²) < 4.78 is 42.2. The molecule has 28 heavy (non-hydrogen) atoms. The fraction of sp³-hybridized carbons (Fsp3) is 0.0625. The second-order valence-corrected chi connectivity index (χ2v) is 8.08. The normalized spacial score (nSPS) is 11.4. The number of benzene rings is 2. The van der Waals surface area contributed by atoms with Crippen LogP contribution in [0, 0.1) is 15.9 Å². The van der Waals surface area contributed by atoms with Crippen molar-refractivity contribution in [2.45, 2.75) is 11.4 Å². The minimum Gasteiger partial charge on any atom is -0.264 e. The average molecular weight is 445 g/mol. The number of nitrogens with one attached hydrogen (secondary N) is 1. The molecule has 0 bridgehead atoms. The van der Waals surface area contributed by atoms with Crippen LogP contribution in [0.2, 0.25) is 10.0 Å². The SMILES string of the molecule is O=[N+]([O-])c1ccc(S(=O)(=O)Nc2nn(Cc3c(F)cccc3Cl)cc2Cl)cc1. The van der Waals surface area contributed by atoms with Crippen molar-refractivity contribution >= 4 is 44.7 Å². The van der Waals surface area contributed by atoms with E-state index in [-0.39, 0.29) is 38.6 Å². The summed E-state index contributed by atoms with van der Waals surface area (Å²) in [5.74, 6) is -0.709. The maximum absolute atomic E-state index is 13.9. The zero-order valence-corrected chi connectivity index (χ0v) is 16.2. The molecule has 0 saturated carbocycles. The van der Waals surface area contributed by atoms with Crippen LogP contribution in [0.3, 0.4) is 0 Å². The topological polar surface area (TPSA) is 107 Å². The summed E-state index contributed by atoms with van der Waals surface area (Å²) >= 11 is 12.0. The molecule has 3 rings (SSSR count). The van der Waals surface area contributed by atoms with E-state index in [1.807, 2.05) is 0 Å². The first-order valence-electron chi connectivity index (χ1n) is 7.60. The van der Waals surface area contributed by atoms with Gasteiger partial charge in [-0.3, -0.25) is 19.5 Å². The van der Waals surface area contributed by atoms with Crippen LogP contribution < -0.4 is 4.72 Å². The van der Waals surface area contributed by atoms with Gasteiger partial charge < -0.3 is 0 Å². The van der Waals surface area contributed by atoms with Crippen LogP contribution >= 0.6 is 23.2 Å². The van der Waals surface area contributed by atoms with Gasteiger partial charge in [-0.1, -0.05) is 29.3 Å². The molecule has 0 amide bonds. The highest BCUT2D eigenvalue weighted by molar-refractivity contribution is 7.92. The number of anilines is 1. The molecule has 0 aliphatic heterocycles. The minimum atomic E-state index is -4.09. The highest BCUT2D eigenvalue weighted by Crippen LogP contribution is 2.26. The van der Waals surface area contributed by atoms with E-state index in [0.29, 0.717) is 0 Å². The molecular formula is C16H11Cl2FN4O4S. The number of sulfonamides is 1. The van der Waals surface area contributed by atoms with Gasteiger partial charge in [-0.15, -0.1) is 0 Å². The van der Waals surface area contributed by atoms with E-state index in [9.17, 15) is 22.9 Å². The first-order chi connectivity index (χ1) is 13.2. The number of nitrogens with zero attached hydrogens (tertiary/aromatic N) is 3. The Bertz CT molecular complexity index is 1130. The van der Waals surface area contributed by atoms with Crippen LogP contribution in [0.5, 0.6) is 0 Å². The van der Waals surface area contributed by atoms with Crippen molar-refractivity contribution in [1.82, 2.24) is 9.78 Å². The largest absolute Gasteiger partial charge is 0.269 e. The summed E-state index contributed by atoms with van der Waals surface area (Å²) in [6.07, 6.45) is 1.32. The molecule has 146 valence electrons. The Kier molecular flexibility index (Phi) is 5.54. The number of nitro groups is 1. The molecule has 3 aromatic rings. The van der Waals surface area contributed by atoms with Gasteiger partial charge in [-0.2, -0.15) is 5.10 Å². The fourth-order valence-electron chi connectivity index (χ4n) is 2.33. The third-order valence-electron chi connectivity index (χ3n) is 3.69. The second-order valence-electron chi connectivity index (χ2n) is 5.58. The Morgan fingerprint density at radius 1 is 1.14 bits per heavy atom. The van der Waals surface area contributed by atoms with Gasteiger partial charge in [0.25, 0.3) is 15.7 Å². The Balaban J connectivity index is 1.84. The lowest BCUT2D eigenvalue weighted by atomic mass is 10.2. The van der Waals surface area contributed by atoms with Crippen LogP contribution in [0.15, 0.2) is 53.6 Å². The molecule has 0 saturated heterocycles. The van der Waals surface area contributed by atoms with E-state index in [0.717, 1.165) is 24.3 Å². The molecule has 1 aromatic heterocycles. The second kappa shape index (κ2) is 7.74. The molecule has 0 aliphatic rings. The number of hydrogen-bond donors (Lipinski definition) is 1. The number of halogens is 3. The smallest absolute Gasteiger partial charge is 0.264 e. The Hall–Kier alpha value is -2.69. The molecule has 12 heteroatoms. The van der Waals surface area contributed by atoms with Gasteiger partial charge in [0, 0.05) is 28.9 Å². The molecule has 1 heterocycles. The summed E-state index contributed by atoms with van der Waals surface area (Å²) in [6.45, 7) is -0.0650. The van der Waals surface area contributed by atoms with Crippen molar-refractivity contribution in [3.63, 3.8) is 0 Å². The maximum Gasteiger partial charge on any atom is 0.269 e. The van der Waals surface area contributed by atoms with E-state index < -0.39 is 20.8 Å². The molecule has 0 fully saturated rings. The Labute approximate surface area is 168 Å². The molecular weight excluding hydrogens is 434 g/mol. The number of hydrogen-bond acceptors (Lipinski definition) is 5. The number of non-ortho nitro benzene ring substituents is 1. The molecule has 0 spiro atoms. The van der Waals surface area contributed by atoms with Gasteiger partial charge >= 0.3 is 0 Å². The van der Waals surface area contributed by atoms with Crippen molar-refractivity contribution < 1.29 is 17.7 Å². The third-order valence-corrected chi connectivity index (χ3v) is 5.67. The highest BCUT2D eigenvalue weighted by atomic mass is 35.5.